The first-order valence-corrected chi connectivity index (χ1v) is 9.49. The molecule has 24 heavy (non-hydrogen) atoms. The SMILES string of the molecule is CCCCC(CC)COC(=O)C1CCC=CC1C(=O)OCC(C)C. The van der Waals surface area contributed by atoms with Crippen LogP contribution in [0.3, 0.4) is 0 Å². The van der Waals surface area contributed by atoms with Gasteiger partial charge in [0.05, 0.1) is 25.0 Å². The third kappa shape index (κ3) is 7.06. The summed E-state index contributed by atoms with van der Waals surface area (Å²) in [4.78, 5) is 24.8. The minimum absolute atomic E-state index is 0.249. The summed E-state index contributed by atoms with van der Waals surface area (Å²) in [5.41, 5.74) is 0. The zero-order chi connectivity index (χ0) is 17.9. The minimum Gasteiger partial charge on any atom is -0.465 e. The van der Waals surface area contributed by atoms with Gasteiger partial charge in [0.15, 0.2) is 0 Å². The van der Waals surface area contributed by atoms with Crippen molar-refractivity contribution in [2.75, 3.05) is 13.2 Å². The molecule has 0 aromatic rings. The van der Waals surface area contributed by atoms with E-state index < -0.39 is 11.8 Å². The normalized spacial score (nSPS) is 21.5. The minimum atomic E-state index is -0.499. The maximum Gasteiger partial charge on any atom is 0.313 e. The Bertz CT molecular complexity index is 414. The van der Waals surface area contributed by atoms with Crippen molar-refractivity contribution in [1.82, 2.24) is 0 Å². The van der Waals surface area contributed by atoms with Crippen LogP contribution in [0.5, 0.6) is 0 Å². The predicted molar refractivity (Wildman–Crippen MR) is 95.4 cm³/mol. The molecule has 0 amide bonds. The lowest BCUT2D eigenvalue weighted by atomic mass is 9.84. The van der Waals surface area contributed by atoms with Crippen LogP contribution in [0, 0.1) is 23.7 Å². The predicted octanol–water partition coefficient (Wildman–Crippen LogP) is 4.53. The highest BCUT2D eigenvalue weighted by molar-refractivity contribution is 5.83. The molecule has 0 fully saturated rings. The molecule has 3 atom stereocenters. The van der Waals surface area contributed by atoms with E-state index in [2.05, 4.69) is 13.8 Å². The summed E-state index contributed by atoms with van der Waals surface area (Å²) in [6, 6.07) is 0. The molecular formula is C20H34O4. The molecule has 4 heteroatoms. The Morgan fingerprint density at radius 2 is 1.83 bits per heavy atom. The van der Waals surface area contributed by atoms with Gasteiger partial charge in [-0.05, 0) is 31.1 Å². The number of esters is 2. The van der Waals surface area contributed by atoms with E-state index in [4.69, 9.17) is 9.47 Å². The molecule has 1 aliphatic rings. The Labute approximate surface area is 147 Å². The molecule has 0 heterocycles. The van der Waals surface area contributed by atoms with E-state index in [0.29, 0.717) is 25.6 Å². The molecule has 1 rings (SSSR count). The number of ether oxygens (including phenoxy) is 2. The molecule has 0 saturated carbocycles. The third-order valence-electron chi connectivity index (χ3n) is 4.56. The van der Waals surface area contributed by atoms with Crippen LogP contribution in [0.25, 0.3) is 0 Å². The first-order chi connectivity index (χ1) is 11.5. The van der Waals surface area contributed by atoms with Crippen molar-refractivity contribution in [2.45, 2.75) is 66.2 Å². The number of unbranched alkanes of at least 4 members (excludes halogenated alkanes) is 1. The monoisotopic (exact) mass is 338 g/mol. The fraction of sp³-hybridized carbons (Fsp3) is 0.800. The molecule has 3 unspecified atom stereocenters. The zero-order valence-electron chi connectivity index (χ0n) is 15.8. The average molecular weight is 338 g/mol. The van der Waals surface area contributed by atoms with Crippen molar-refractivity contribution >= 4 is 11.9 Å². The Balaban J connectivity index is 2.56. The van der Waals surface area contributed by atoms with Gasteiger partial charge in [-0.15, -0.1) is 0 Å². The van der Waals surface area contributed by atoms with Gasteiger partial charge in [0.25, 0.3) is 0 Å². The van der Waals surface area contributed by atoms with E-state index in [9.17, 15) is 9.59 Å². The fourth-order valence-corrected chi connectivity index (χ4v) is 2.89. The van der Waals surface area contributed by atoms with E-state index in [1.54, 1.807) is 0 Å². The molecule has 0 aromatic carbocycles. The summed E-state index contributed by atoms with van der Waals surface area (Å²) >= 11 is 0. The van der Waals surface area contributed by atoms with Gasteiger partial charge < -0.3 is 9.47 Å². The van der Waals surface area contributed by atoms with E-state index >= 15 is 0 Å². The third-order valence-corrected chi connectivity index (χ3v) is 4.56. The smallest absolute Gasteiger partial charge is 0.313 e. The summed E-state index contributed by atoms with van der Waals surface area (Å²) < 4.78 is 10.9. The Hall–Kier alpha value is -1.32. The molecule has 1 aliphatic carbocycles. The highest BCUT2D eigenvalue weighted by atomic mass is 16.5. The Kier molecular flexibility index (Phi) is 9.73. The van der Waals surface area contributed by atoms with Crippen LogP contribution in [-0.4, -0.2) is 25.2 Å². The number of carbonyl (C=O) groups is 2. The van der Waals surface area contributed by atoms with E-state index in [1.165, 1.54) is 0 Å². The molecule has 0 radical (unpaired) electrons. The van der Waals surface area contributed by atoms with Gasteiger partial charge in [0.1, 0.15) is 0 Å². The maximum atomic E-state index is 12.5. The van der Waals surface area contributed by atoms with Crippen molar-refractivity contribution in [3.05, 3.63) is 12.2 Å². The number of carbonyl (C=O) groups excluding carboxylic acids is 2. The molecule has 0 aromatic heterocycles. The van der Waals surface area contributed by atoms with Gasteiger partial charge >= 0.3 is 11.9 Å². The summed E-state index contributed by atoms with van der Waals surface area (Å²) in [6.45, 7) is 9.14. The molecule has 0 bridgehead atoms. The highest BCUT2D eigenvalue weighted by Crippen LogP contribution is 2.28. The summed E-state index contributed by atoms with van der Waals surface area (Å²) in [5.74, 6) is -0.755. The van der Waals surface area contributed by atoms with Crippen molar-refractivity contribution in [2.24, 2.45) is 23.7 Å². The summed E-state index contributed by atoms with van der Waals surface area (Å²) in [6.07, 6.45) is 9.65. The highest BCUT2D eigenvalue weighted by Gasteiger charge is 2.35. The number of allylic oxidation sites excluding steroid dienone is 1. The van der Waals surface area contributed by atoms with Crippen LogP contribution in [0.15, 0.2) is 12.2 Å². The van der Waals surface area contributed by atoms with Crippen LogP contribution in [0.4, 0.5) is 0 Å². The second kappa shape index (κ2) is 11.3. The molecule has 138 valence electrons. The van der Waals surface area contributed by atoms with E-state index in [-0.39, 0.29) is 17.9 Å². The van der Waals surface area contributed by atoms with Gasteiger partial charge in [0, 0.05) is 0 Å². The standard InChI is InChI=1S/C20H34O4/c1-5-7-10-16(6-2)14-24-20(22)18-12-9-8-11-17(18)19(21)23-13-15(3)4/h8,11,15-18H,5-7,9-10,12-14H2,1-4H3. The largest absolute Gasteiger partial charge is 0.465 e. The Morgan fingerprint density at radius 3 is 2.46 bits per heavy atom. The number of hydrogen-bond donors (Lipinski definition) is 0. The van der Waals surface area contributed by atoms with Gasteiger partial charge in [0.2, 0.25) is 0 Å². The van der Waals surface area contributed by atoms with Gasteiger partial charge in [-0.25, -0.2) is 0 Å². The average Bonchev–Trinajstić information content (AvgIpc) is 2.59. The molecule has 0 N–H and O–H groups in total. The Morgan fingerprint density at radius 1 is 1.12 bits per heavy atom. The van der Waals surface area contributed by atoms with Crippen LogP contribution >= 0.6 is 0 Å². The van der Waals surface area contributed by atoms with Gasteiger partial charge in [-0.1, -0.05) is 59.1 Å². The second-order valence-electron chi connectivity index (χ2n) is 7.21. The molecule has 0 spiro atoms. The molecule has 0 saturated heterocycles. The van der Waals surface area contributed by atoms with Gasteiger partial charge in [-0.3, -0.25) is 9.59 Å². The van der Waals surface area contributed by atoms with Crippen molar-refractivity contribution < 1.29 is 19.1 Å². The van der Waals surface area contributed by atoms with E-state index in [1.807, 2.05) is 26.0 Å². The quantitative estimate of drug-likeness (QED) is 0.434. The summed E-state index contributed by atoms with van der Waals surface area (Å²) in [7, 11) is 0. The van der Waals surface area contributed by atoms with Crippen LogP contribution < -0.4 is 0 Å². The fourth-order valence-electron chi connectivity index (χ4n) is 2.89. The lowest BCUT2D eigenvalue weighted by Gasteiger charge is -2.25. The van der Waals surface area contributed by atoms with Crippen molar-refractivity contribution in [1.29, 1.82) is 0 Å². The first kappa shape index (κ1) is 20.7. The lowest BCUT2D eigenvalue weighted by Crippen LogP contribution is -2.34. The summed E-state index contributed by atoms with van der Waals surface area (Å²) in [5, 5.41) is 0. The lowest BCUT2D eigenvalue weighted by molar-refractivity contribution is -0.160. The van der Waals surface area contributed by atoms with Crippen LogP contribution in [0.2, 0.25) is 0 Å². The van der Waals surface area contributed by atoms with E-state index in [0.717, 1.165) is 32.1 Å². The van der Waals surface area contributed by atoms with Gasteiger partial charge in [-0.2, -0.15) is 0 Å². The molecule has 4 nitrogen and oxygen atoms in total. The van der Waals surface area contributed by atoms with Crippen LogP contribution in [0.1, 0.15) is 66.2 Å². The number of rotatable bonds is 10. The zero-order valence-corrected chi connectivity index (χ0v) is 15.8. The molecule has 0 aliphatic heterocycles. The van der Waals surface area contributed by atoms with Crippen molar-refractivity contribution in [3.8, 4) is 0 Å². The topological polar surface area (TPSA) is 52.6 Å². The second-order valence-corrected chi connectivity index (χ2v) is 7.21. The van der Waals surface area contributed by atoms with Crippen LogP contribution in [-0.2, 0) is 19.1 Å². The first-order valence-electron chi connectivity index (χ1n) is 9.49. The maximum absolute atomic E-state index is 12.5. The van der Waals surface area contributed by atoms with Crippen molar-refractivity contribution in [3.63, 3.8) is 0 Å². The molecular weight excluding hydrogens is 304 g/mol. The number of hydrogen-bond acceptors (Lipinski definition) is 4.